The predicted octanol–water partition coefficient (Wildman–Crippen LogP) is 4.02. The average Bonchev–Trinajstić information content (AvgIpc) is 2.56. The molecule has 0 bridgehead atoms. The van der Waals surface area contributed by atoms with Crippen molar-refractivity contribution in [3.63, 3.8) is 0 Å². The molecule has 104 valence electrons. The van der Waals surface area contributed by atoms with Gasteiger partial charge in [0.15, 0.2) is 0 Å². The van der Waals surface area contributed by atoms with Crippen LogP contribution in [0.2, 0.25) is 0 Å². The summed E-state index contributed by atoms with van der Waals surface area (Å²) in [6.07, 6.45) is 1.56. The van der Waals surface area contributed by atoms with Gasteiger partial charge < -0.3 is 4.74 Å². The van der Waals surface area contributed by atoms with Crippen molar-refractivity contribution in [2.45, 2.75) is 18.8 Å². The lowest BCUT2D eigenvalue weighted by Crippen LogP contribution is -2.02. The molecule has 0 amide bonds. The maximum Gasteiger partial charge on any atom is 0.119 e. The van der Waals surface area contributed by atoms with E-state index in [1.807, 2.05) is 42.5 Å². The minimum Gasteiger partial charge on any atom is -0.494 e. The van der Waals surface area contributed by atoms with Crippen molar-refractivity contribution in [3.8, 4) is 17.9 Å². The molecule has 0 fully saturated rings. The van der Waals surface area contributed by atoms with Gasteiger partial charge in [0, 0.05) is 0 Å². The maximum atomic E-state index is 9.27. The normalized spacial score (nSPS) is 11.1. The van der Waals surface area contributed by atoms with Gasteiger partial charge in [-0.25, -0.2) is 0 Å². The molecule has 3 nitrogen and oxygen atoms in total. The molecule has 0 N–H and O–H groups in total. The summed E-state index contributed by atoms with van der Waals surface area (Å²) in [6, 6.07) is 21.3. The molecule has 0 aromatic heterocycles. The van der Waals surface area contributed by atoms with E-state index >= 15 is 0 Å². The van der Waals surface area contributed by atoms with E-state index in [4.69, 9.17) is 10.00 Å². The molecule has 1 unspecified atom stereocenters. The van der Waals surface area contributed by atoms with Crippen LogP contribution >= 0.6 is 0 Å². The molecule has 0 aliphatic rings. The Balaban J connectivity index is 1.83. The van der Waals surface area contributed by atoms with Gasteiger partial charge in [-0.3, -0.25) is 0 Å². The lowest BCUT2D eigenvalue weighted by molar-refractivity contribution is 0.305. The number of nitriles is 2. The molecule has 0 saturated heterocycles. The fraction of sp³-hybridized carbons (Fsp3) is 0.222. The van der Waals surface area contributed by atoms with Crippen molar-refractivity contribution in [3.05, 3.63) is 65.7 Å². The highest BCUT2D eigenvalue weighted by Crippen LogP contribution is 2.21. The van der Waals surface area contributed by atoms with Crippen molar-refractivity contribution in [1.29, 1.82) is 10.5 Å². The summed E-state index contributed by atoms with van der Waals surface area (Å²) < 4.78 is 5.62. The van der Waals surface area contributed by atoms with E-state index in [2.05, 4.69) is 12.1 Å². The van der Waals surface area contributed by atoms with Crippen molar-refractivity contribution in [2.75, 3.05) is 6.61 Å². The van der Waals surface area contributed by atoms with E-state index < -0.39 is 0 Å². The van der Waals surface area contributed by atoms with E-state index in [9.17, 15) is 5.26 Å². The standard InChI is InChI=1S/C18H16N2O/c19-13-15-8-10-16(11-9-15)17(14-20)5-4-12-21-18-6-2-1-3-7-18/h1-3,6-11,17H,4-5,12H2. The third-order valence-corrected chi connectivity index (χ3v) is 3.25. The van der Waals surface area contributed by atoms with Crippen LogP contribution in [0.25, 0.3) is 0 Å². The number of para-hydroxylation sites is 1. The first-order chi connectivity index (χ1) is 10.3. The first-order valence-corrected chi connectivity index (χ1v) is 6.91. The van der Waals surface area contributed by atoms with Crippen LogP contribution < -0.4 is 4.74 Å². The van der Waals surface area contributed by atoms with Crippen LogP contribution in [0.5, 0.6) is 5.75 Å². The van der Waals surface area contributed by atoms with E-state index in [-0.39, 0.29) is 5.92 Å². The van der Waals surface area contributed by atoms with E-state index in [1.54, 1.807) is 12.1 Å². The third kappa shape index (κ3) is 4.37. The molecule has 0 saturated carbocycles. The van der Waals surface area contributed by atoms with Gasteiger partial charge in [-0.1, -0.05) is 30.3 Å². The minimum absolute atomic E-state index is 0.155. The maximum absolute atomic E-state index is 9.27. The lowest BCUT2D eigenvalue weighted by Gasteiger charge is -2.10. The summed E-state index contributed by atoms with van der Waals surface area (Å²) in [5.74, 6) is 0.696. The zero-order valence-electron chi connectivity index (χ0n) is 11.7. The molecule has 2 aromatic rings. The molecular formula is C18H16N2O. The molecule has 0 heterocycles. The van der Waals surface area contributed by atoms with Gasteiger partial charge in [-0.2, -0.15) is 10.5 Å². The largest absolute Gasteiger partial charge is 0.494 e. The molecular weight excluding hydrogens is 260 g/mol. The summed E-state index contributed by atoms with van der Waals surface area (Å²) in [7, 11) is 0. The summed E-state index contributed by atoms with van der Waals surface area (Å²) in [5, 5.41) is 18.0. The molecule has 1 atom stereocenters. The lowest BCUT2D eigenvalue weighted by atomic mass is 9.95. The molecule has 3 heteroatoms. The van der Waals surface area contributed by atoms with Gasteiger partial charge in [-0.15, -0.1) is 0 Å². The van der Waals surface area contributed by atoms with Crippen LogP contribution in [-0.2, 0) is 0 Å². The van der Waals surface area contributed by atoms with Gasteiger partial charge >= 0.3 is 0 Å². The van der Waals surface area contributed by atoms with Crippen molar-refractivity contribution in [2.24, 2.45) is 0 Å². The monoisotopic (exact) mass is 276 g/mol. The highest BCUT2D eigenvalue weighted by atomic mass is 16.5. The van der Waals surface area contributed by atoms with Crippen LogP contribution in [-0.4, -0.2) is 6.61 Å². The molecule has 21 heavy (non-hydrogen) atoms. The second kappa shape index (κ2) is 7.72. The van der Waals surface area contributed by atoms with Crippen LogP contribution in [0.15, 0.2) is 54.6 Å². The van der Waals surface area contributed by atoms with Crippen LogP contribution in [0.3, 0.4) is 0 Å². The summed E-state index contributed by atoms with van der Waals surface area (Å²) in [5.41, 5.74) is 1.57. The van der Waals surface area contributed by atoms with Gasteiger partial charge in [-0.05, 0) is 42.7 Å². The van der Waals surface area contributed by atoms with E-state index in [0.717, 1.165) is 24.2 Å². The highest BCUT2D eigenvalue weighted by molar-refractivity contribution is 5.34. The fourth-order valence-corrected chi connectivity index (χ4v) is 2.09. The molecule has 0 spiro atoms. The van der Waals surface area contributed by atoms with Crippen LogP contribution in [0, 0.1) is 22.7 Å². The van der Waals surface area contributed by atoms with E-state index in [0.29, 0.717) is 12.2 Å². The minimum atomic E-state index is -0.155. The molecule has 0 aliphatic carbocycles. The number of hydrogen-bond acceptors (Lipinski definition) is 3. The van der Waals surface area contributed by atoms with Crippen molar-refractivity contribution in [1.82, 2.24) is 0 Å². The highest BCUT2D eigenvalue weighted by Gasteiger charge is 2.10. The predicted molar refractivity (Wildman–Crippen MR) is 80.7 cm³/mol. The number of ether oxygens (including phenoxy) is 1. The summed E-state index contributed by atoms with van der Waals surface area (Å²) in [4.78, 5) is 0. The molecule has 2 rings (SSSR count). The third-order valence-electron chi connectivity index (χ3n) is 3.25. The van der Waals surface area contributed by atoms with Crippen molar-refractivity contribution < 1.29 is 4.74 Å². The zero-order chi connectivity index (χ0) is 14.9. The number of hydrogen-bond donors (Lipinski definition) is 0. The van der Waals surface area contributed by atoms with Crippen molar-refractivity contribution >= 4 is 0 Å². The van der Waals surface area contributed by atoms with Gasteiger partial charge in [0.25, 0.3) is 0 Å². The first kappa shape index (κ1) is 14.6. The van der Waals surface area contributed by atoms with Gasteiger partial charge in [0.05, 0.1) is 30.2 Å². The van der Waals surface area contributed by atoms with Gasteiger partial charge in [0.2, 0.25) is 0 Å². The van der Waals surface area contributed by atoms with E-state index in [1.165, 1.54) is 0 Å². The second-order valence-corrected chi connectivity index (χ2v) is 4.72. The summed E-state index contributed by atoms with van der Waals surface area (Å²) >= 11 is 0. The Morgan fingerprint density at radius 1 is 0.952 bits per heavy atom. The Morgan fingerprint density at radius 2 is 1.67 bits per heavy atom. The molecule has 0 radical (unpaired) electrons. The zero-order valence-corrected chi connectivity index (χ0v) is 11.7. The Morgan fingerprint density at radius 3 is 2.29 bits per heavy atom. The number of nitrogens with zero attached hydrogens (tertiary/aromatic N) is 2. The Bertz CT molecular complexity index is 636. The smallest absolute Gasteiger partial charge is 0.119 e. The quantitative estimate of drug-likeness (QED) is 0.748. The number of rotatable bonds is 6. The first-order valence-electron chi connectivity index (χ1n) is 6.91. The Labute approximate surface area is 125 Å². The fourth-order valence-electron chi connectivity index (χ4n) is 2.09. The SMILES string of the molecule is N#Cc1ccc(C(C#N)CCCOc2ccccc2)cc1. The summed E-state index contributed by atoms with van der Waals surface area (Å²) in [6.45, 7) is 0.596. The Kier molecular flexibility index (Phi) is 5.38. The average molecular weight is 276 g/mol. The van der Waals surface area contributed by atoms with Crippen LogP contribution in [0.1, 0.15) is 29.9 Å². The second-order valence-electron chi connectivity index (χ2n) is 4.72. The number of benzene rings is 2. The topological polar surface area (TPSA) is 56.8 Å². The molecule has 0 aliphatic heterocycles. The molecule has 2 aromatic carbocycles. The van der Waals surface area contributed by atoms with Gasteiger partial charge in [0.1, 0.15) is 5.75 Å². The Hall–Kier alpha value is -2.78. The van der Waals surface area contributed by atoms with Crippen LogP contribution in [0.4, 0.5) is 0 Å².